The van der Waals surface area contributed by atoms with Crippen molar-refractivity contribution in [2.24, 2.45) is 0 Å². The zero-order chi connectivity index (χ0) is 13.8. The standard InChI is InChI=1S/C14H18BrN3S/c1-3-6-17-13(11-4-5-12(15)19-11)10-7-9(2)8-18-14(10)16/h4-5,7-8,13,17H,3,6H2,1-2H3,(H2,16,18). The minimum Gasteiger partial charge on any atom is -0.383 e. The molecule has 0 saturated carbocycles. The average Bonchev–Trinajstić information content (AvgIpc) is 2.80. The highest BCUT2D eigenvalue weighted by molar-refractivity contribution is 9.11. The molecule has 2 aromatic heterocycles. The van der Waals surface area contributed by atoms with Gasteiger partial charge in [-0.15, -0.1) is 11.3 Å². The number of nitrogens with two attached hydrogens (primary N) is 1. The smallest absolute Gasteiger partial charge is 0.128 e. The highest BCUT2D eigenvalue weighted by Crippen LogP contribution is 2.33. The van der Waals surface area contributed by atoms with Crippen LogP contribution in [0.2, 0.25) is 0 Å². The number of nitrogen functional groups attached to an aromatic ring is 1. The first-order valence-electron chi connectivity index (χ1n) is 6.32. The molecule has 0 fully saturated rings. The quantitative estimate of drug-likeness (QED) is 0.868. The lowest BCUT2D eigenvalue weighted by Crippen LogP contribution is -2.23. The Bertz CT molecular complexity index is 553. The van der Waals surface area contributed by atoms with E-state index in [1.54, 1.807) is 17.5 Å². The average molecular weight is 340 g/mol. The topological polar surface area (TPSA) is 50.9 Å². The van der Waals surface area contributed by atoms with Crippen LogP contribution >= 0.6 is 27.3 Å². The SMILES string of the molecule is CCCNC(c1ccc(Br)s1)c1cc(C)cnc1N. The molecule has 2 rings (SSSR count). The van der Waals surface area contributed by atoms with Gasteiger partial charge in [0.2, 0.25) is 0 Å². The van der Waals surface area contributed by atoms with Gasteiger partial charge >= 0.3 is 0 Å². The number of nitrogens with one attached hydrogen (secondary N) is 1. The second-order valence-electron chi connectivity index (χ2n) is 4.52. The summed E-state index contributed by atoms with van der Waals surface area (Å²) < 4.78 is 1.13. The predicted octanol–water partition coefficient (Wildman–Crippen LogP) is 3.89. The maximum atomic E-state index is 6.05. The van der Waals surface area contributed by atoms with Crippen molar-refractivity contribution < 1.29 is 0 Å². The van der Waals surface area contributed by atoms with Gasteiger partial charge in [0.25, 0.3) is 0 Å². The van der Waals surface area contributed by atoms with Crippen LogP contribution in [0.4, 0.5) is 5.82 Å². The van der Waals surface area contributed by atoms with E-state index >= 15 is 0 Å². The van der Waals surface area contributed by atoms with Crippen molar-refractivity contribution >= 4 is 33.1 Å². The summed E-state index contributed by atoms with van der Waals surface area (Å²) in [6.45, 7) is 5.15. The normalized spacial score (nSPS) is 12.6. The summed E-state index contributed by atoms with van der Waals surface area (Å²) in [6, 6.07) is 6.43. The van der Waals surface area contributed by atoms with E-state index in [9.17, 15) is 0 Å². The van der Waals surface area contributed by atoms with Gasteiger partial charge in [-0.2, -0.15) is 0 Å². The fourth-order valence-electron chi connectivity index (χ4n) is 1.97. The molecule has 1 atom stereocenters. The largest absolute Gasteiger partial charge is 0.383 e. The van der Waals surface area contributed by atoms with Crippen LogP contribution in [-0.4, -0.2) is 11.5 Å². The Kier molecular flexibility index (Phi) is 4.96. The molecule has 0 aliphatic rings. The third-order valence-corrected chi connectivity index (χ3v) is 4.56. The molecule has 0 amide bonds. The maximum absolute atomic E-state index is 6.05. The van der Waals surface area contributed by atoms with Gasteiger partial charge in [0.1, 0.15) is 5.82 Å². The van der Waals surface area contributed by atoms with Crippen molar-refractivity contribution in [1.29, 1.82) is 0 Å². The molecule has 3 nitrogen and oxygen atoms in total. The molecule has 0 spiro atoms. The van der Waals surface area contributed by atoms with E-state index in [0.29, 0.717) is 5.82 Å². The first kappa shape index (κ1) is 14.5. The molecule has 0 radical (unpaired) electrons. The molecule has 0 bridgehead atoms. The molecule has 0 aliphatic carbocycles. The number of hydrogen-bond donors (Lipinski definition) is 2. The van der Waals surface area contributed by atoms with E-state index in [4.69, 9.17) is 5.73 Å². The molecule has 2 heterocycles. The highest BCUT2D eigenvalue weighted by atomic mass is 79.9. The Morgan fingerprint density at radius 1 is 1.47 bits per heavy atom. The Balaban J connectivity index is 2.39. The molecule has 1 unspecified atom stereocenters. The van der Waals surface area contributed by atoms with E-state index in [2.05, 4.69) is 51.4 Å². The van der Waals surface area contributed by atoms with Crippen molar-refractivity contribution in [3.8, 4) is 0 Å². The molecule has 0 saturated heterocycles. The fourth-order valence-corrected chi connectivity index (χ4v) is 3.49. The summed E-state index contributed by atoms with van der Waals surface area (Å²) in [4.78, 5) is 5.52. The molecule has 19 heavy (non-hydrogen) atoms. The minimum absolute atomic E-state index is 0.114. The van der Waals surface area contributed by atoms with Crippen LogP contribution < -0.4 is 11.1 Å². The number of halogens is 1. The van der Waals surface area contributed by atoms with Crippen LogP contribution in [0.3, 0.4) is 0 Å². The number of aryl methyl sites for hydroxylation is 1. The minimum atomic E-state index is 0.114. The Morgan fingerprint density at radius 2 is 2.26 bits per heavy atom. The number of thiophene rings is 1. The van der Waals surface area contributed by atoms with Crippen LogP contribution in [0.5, 0.6) is 0 Å². The summed E-state index contributed by atoms with van der Waals surface area (Å²) in [6.07, 6.45) is 2.89. The summed E-state index contributed by atoms with van der Waals surface area (Å²) in [5.41, 5.74) is 8.23. The first-order valence-corrected chi connectivity index (χ1v) is 7.93. The lowest BCUT2D eigenvalue weighted by molar-refractivity contribution is 0.605. The summed E-state index contributed by atoms with van der Waals surface area (Å²) in [5.74, 6) is 0.601. The van der Waals surface area contributed by atoms with Gasteiger partial charge < -0.3 is 11.1 Å². The van der Waals surface area contributed by atoms with Gasteiger partial charge in [-0.25, -0.2) is 4.98 Å². The van der Waals surface area contributed by atoms with E-state index in [0.717, 1.165) is 27.9 Å². The summed E-state index contributed by atoms with van der Waals surface area (Å²) >= 11 is 5.24. The molecule has 2 aromatic rings. The number of anilines is 1. The van der Waals surface area contributed by atoms with Crippen molar-refractivity contribution in [2.45, 2.75) is 26.3 Å². The number of aromatic nitrogens is 1. The Hall–Kier alpha value is -0.910. The van der Waals surface area contributed by atoms with Gasteiger partial charge in [-0.1, -0.05) is 6.92 Å². The van der Waals surface area contributed by atoms with E-state index in [1.165, 1.54) is 4.88 Å². The lowest BCUT2D eigenvalue weighted by Gasteiger charge is -2.19. The van der Waals surface area contributed by atoms with Crippen LogP contribution in [0, 0.1) is 6.92 Å². The highest BCUT2D eigenvalue weighted by Gasteiger charge is 2.18. The molecular formula is C14H18BrN3S. The molecule has 0 aromatic carbocycles. The second kappa shape index (κ2) is 6.50. The molecular weight excluding hydrogens is 322 g/mol. The number of nitrogens with zero attached hydrogens (tertiary/aromatic N) is 1. The molecule has 0 aliphatic heterocycles. The Morgan fingerprint density at radius 3 is 2.89 bits per heavy atom. The van der Waals surface area contributed by atoms with Crippen molar-refractivity contribution in [3.05, 3.63) is 44.2 Å². The zero-order valence-corrected chi connectivity index (χ0v) is 13.5. The van der Waals surface area contributed by atoms with E-state index < -0.39 is 0 Å². The molecule has 5 heteroatoms. The van der Waals surface area contributed by atoms with E-state index in [-0.39, 0.29) is 6.04 Å². The predicted molar refractivity (Wildman–Crippen MR) is 85.5 cm³/mol. The molecule has 102 valence electrons. The first-order chi connectivity index (χ1) is 9.11. The van der Waals surface area contributed by atoms with Crippen LogP contribution in [0.1, 0.15) is 35.4 Å². The van der Waals surface area contributed by atoms with Gasteiger partial charge in [0.05, 0.1) is 9.83 Å². The fraction of sp³-hybridized carbons (Fsp3) is 0.357. The third kappa shape index (κ3) is 3.55. The van der Waals surface area contributed by atoms with Crippen LogP contribution in [-0.2, 0) is 0 Å². The summed E-state index contributed by atoms with van der Waals surface area (Å²) in [7, 11) is 0. The van der Waals surface area contributed by atoms with Gasteiger partial charge in [0.15, 0.2) is 0 Å². The van der Waals surface area contributed by atoms with Crippen LogP contribution in [0.25, 0.3) is 0 Å². The van der Waals surface area contributed by atoms with Gasteiger partial charge in [-0.3, -0.25) is 0 Å². The van der Waals surface area contributed by atoms with Crippen LogP contribution in [0.15, 0.2) is 28.2 Å². The molecule has 3 N–H and O–H groups in total. The number of hydrogen-bond acceptors (Lipinski definition) is 4. The van der Waals surface area contributed by atoms with Crippen molar-refractivity contribution in [3.63, 3.8) is 0 Å². The number of rotatable bonds is 5. The van der Waals surface area contributed by atoms with Gasteiger partial charge in [-0.05, 0) is 59.6 Å². The summed E-state index contributed by atoms with van der Waals surface area (Å²) in [5, 5.41) is 3.55. The third-order valence-electron chi connectivity index (χ3n) is 2.87. The second-order valence-corrected chi connectivity index (χ2v) is 7.01. The maximum Gasteiger partial charge on any atom is 0.128 e. The van der Waals surface area contributed by atoms with Crippen molar-refractivity contribution in [1.82, 2.24) is 10.3 Å². The van der Waals surface area contributed by atoms with Gasteiger partial charge in [0, 0.05) is 16.6 Å². The zero-order valence-electron chi connectivity index (χ0n) is 11.1. The monoisotopic (exact) mass is 339 g/mol. The van der Waals surface area contributed by atoms with Crippen molar-refractivity contribution in [2.75, 3.05) is 12.3 Å². The number of pyridine rings is 1. The Labute approximate surface area is 126 Å². The lowest BCUT2D eigenvalue weighted by atomic mass is 10.0. The van der Waals surface area contributed by atoms with E-state index in [1.807, 2.05) is 6.92 Å².